The third kappa shape index (κ3) is 3.99. The molecule has 136 valence electrons. The highest BCUT2D eigenvalue weighted by molar-refractivity contribution is 5.85. The fourth-order valence-corrected chi connectivity index (χ4v) is 3.13. The van der Waals surface area contributed by atoms with E-state index in [1.807, 2.05) is 55.5 Å². The highest BCUT2D eigenvalue weighted by atomic mass is 16.5. The van der Waals surface area contributed by atoms with Crippen LogP contribution in [-0.2, 0) is 6.42 Å². The Morgan fingerprint density at radius 1 is 1.04 bits per heavy atom. The lowest BCUT2D eigenvalue weighted by atomic mass is 10.1. The second kappa shape index (κ2) is 7.60. The summed E-state index contributed by atoms with van der Waals surface area (Å²) in [5.41, 5.74) is 11.3. The zero-order valence-corrected chi connectivity index (χ0v) is 15.2. The minimum absolute atomic E-state index is 0.0808. The molecule has 0 radical (unpaired) electrons. The first-order chi connectivity index (χ1) is 13.2. The molecule has 1 atom stereocenters. The summed E-state index contributed by atoms with van der Waals surface area (Å²) >= 11 is 0. The van der Waals surface area contributed by atoms with Crippen molar-refractivity contribution in [3.8, 4) is 17.1 Å². The van der Waals surface area contributed by atoms with Crippen LogP contribution in [0.2, 0.25) is 0 Å². The number of aromatic amines is 1. The Bertz CT molecular complexity index is 1040. The molecule has 0 saturated carbocycles. The average Bonchev–Trinajstić information content (AvgIpc) is 3.08. The normalized spacial score (nSPS) is 12.2. The van der Waals surface area contributed by atoms with Gasteiger partial charge in [0.1, 0.15) is 6.61 Å². The van der Waals surface area contributed by atoms with Gasteiger partial charge >= 0.3 is 0 Å². The number of pyridine rings is 1. The van der Waals surface area contributed by atoms with Crippen molar-refractivity contribution in [1.29, 1.82) is 0 Å². The van der Waals surface area contributed by atoms with E-state index in [9.17, 15) is 0 Å². The number of hydrogen-bond acceptors (Lipinski definition) is 4. The summed E-state index contributed by atoms with van der Waals surface area (Å²) in [4.78, 5) is 4.63. The van der Waals surface area contributed by atoms with Crippen LogP contribution in [0.5, 0.6) is 5.88 Å². The minimum Gasteiger partial charge on any atom is -0.476 e. The maximum absolute atomic E-state index is 6.21. The lowest BCUT2D eigenvalue weighted by Crippen LogP contribution is -2.30. The molecular weight excluding hydrogens is 336 g/mol. The molecule has 4 aromatic rings. The monoisotopic (exact) mass is 358 g/mol. The summed E-state index contributed by atoms with van der Waals surface area (Å²) < 4.78 is 5.84. The predicted octanol–water partition coefficient (Wildman–Crippen LogP) is 3.88. The van der Waals surface area contributed by atoms with E-state index in [4.69, 9.17) is 10.5 Å². The molecule has 3 N–H and O–H groups in total. The Morgan fingerprint density at radius 2 is 1.89 bits per heavy atom. The van der Waals surface area contributed by atoms with Crippen molar-refractivity contribution in [3.63, 3.8) is 0 Å². The van der Waals surface area contributed by atoms with Crippen LogP contribution >= 0.6 is 0 Å². The van der Waals surface area contributed by atoms with Crippen LogP contribution in [0.25, 0.3) is 22.2 Å². The van der Waals surface area contributed by atoms with Crippen molar-refractivity contribution in [1.82, 2.24) is 15.2 Å². The van der Waals surface area contributed by atoms with Crippen LogP contribution in [0.15, 0.2) is 66.7 Å². The Balaban J connectivity index is 1.46. The average molecular weight is 358 g/mol. The van der Waals surface area contributed by atoms with Gasteiger partial charge in [-0.1, -0.05) is 42.5 Å². The van der Waals surface area contributed by atoms with Crippen LogP contribution in [0.3, 0.4) is 0 Å². The van der Waals surface area contributed by atoms with Crippen LogP contribution in [0, 0.1) is 6.92 Å². The summed E-state index contributed by atoms with van der Waals surface area (Å²) in [5, 5.41) is 8.37. The molecule has 0 aliphatic heterocycles. The van der Waals surface area contributed by atoms with E-state index in [2.05, 4.69) is 33.4 Å². The number of nitrogens with zero attached hydrogens (tertiary/aromatic N) is 2. The molecule has 5 nitrogen and oxygen atoms in total. The molecule has 0 unspecified atom stereocenters. The van der Waals surface area contributed by atoms with Crippen molar-refractivity contribution >= 4 is 10.9 Å². The quantitative estimate of drug-likeness (QED) is 0.548. The van der Waals surface area contributed by atoms with E-state index >= 15 is 0 Å². The first-order valence-corrected chi connectivity index (χ1v) is 9.03. The number of aromatic nitrogens is 3. The van der Waals surface area contributed by atoms with Gasteiger partial charge in [-0.15, -0.1) is 0 Å². The third-order valence-corrected chi connectivity index (χ3v) is 4.56. The smallest absolute Gasteiger partial charge is 0.213 e. The Kier molecular flexibility index (Phi) is 4.85. The second-order valence-corrected chi connectivity index (χ2v) is 6.69. The molecule has 2 aromatic carbocycles. The maximum Gasteiger partial charge on any atom is 0.213 e. The van der Waals surface area contributed by atoms with Crippen molar-refractivity contribution in [2.24, 2.45) is 5.73 Å². The van der Waals surface area contributed by atoms with Gasteiger partial charge in [0, 0.05) is 23.1 Å². The molecule has 0 saturated heterocycles. The third-order valence-electron chi connectivity index (χ3n) is 4.56. The molecule has 5 heteroatoms. The lowest BCUT2D eigenvalue weighted by Gasteiger charge is -2.13. The SMILES string of the molecule is Cc1n[nH]c2ccc(-c3cccc(OC[C@@H](N)Cc4ccccc4)n3)cc12. The first-order valence-electron chi connectivity index (χ1n) is 9.03. The van der Waals surface area contributed by atoms with Gasteiger partial charge in [-0.2, -0.15) is 5.10 Å². The fraction of sp³-hybridized carbons (Fsp3) is 0.182. The van der Waals surface area contributed by atoms with Gasteiger partial charge in [-0.25, -0.2) is 4.98 Å². The van der Waals surface area contributed by atoms with Gasteiger partial charge in [0.25, 0.3) is 0 Å². The van der Waals surface area contributed by atoms with Gasteiger partial charge in [-0.3, -0.25) is 5.10 Å². The lowest BCUT2D eigenvalue weighted by molar-refractivity contribution is 0.277. The van der Waals surface area contributed by atoms with Gasteiger partial charge in [0.15, 0.2) is 0 Å². The highest BCUT2D eigenvalue weighted by Crippen LogP contribution is 2.25. The molecule has 0 amide bonds. The number of ether oxygens (including phenoxy) is 1. The van der Waals surface area contributed by atoms with E-state index in [1.54, 1.807) is 0 Å². The van der Waals surface area contributed by atoms with Crippen molar-refractivity contribution < 1.29 is 4.74 Å². The van der Waals surface area contributed by atoms with E-state index < -0.39 is 0 Å². The van der Waals surface area contributed by atoms with Crippen LogP contribution in [-0.4, -0.2) is 27.8 Å². The number of hydrogen-bond donors (Lipinski definition) is 2. The minimum atomic E-state index is -0.0808. The number of H-pyrrole nitrogens is 1. The van der Waals surface area contributed by atoms with Crippen LogP contribution in [0.1, 0.15) is 11.3 Å². The largest absolute Gasteiger partial charge is 0.476 e. The van der Waals surface area contributed by atoms with Gasteiger partial charge in [-0.05, 0) is 37.1 Å². The van der Waals surface area contributed by atoms with Crippen LogP contribution < -0.4 is 10.5 Å². The highest BCUT2D eigenvalue weighted by Gasteiger charge is 2.09. The van der Waals surface area contributed by atoms with Crippen LogP contribution in [0.4, 0.5) is 0 Å². The fourth-order valence-electron chi connectivity index (χ4n) is 3.13. The molecular formula is C22H22N4O. The molecule has 2 heterocycles. The van der Waals surface area contributed by atoms with E-state index in [-0.39, 0.29) is 6.04 Å². The molecule has 0 bridgehead atoms. The molecule has 0 aliphatic rings. The second-order valence-electron chi connectivity index (χ2n) is 6.69. The van der Waals surface area contributed by atoms with Gasteiger partial charge < -0.3 is 10.5 Å². The summed E-state index contributed by atoms with van der Waals surface area (Å²) in [5.74, 6) is 0.583. The van der Waals surface area contributed by atoms with E-state index in [0.717, 1.165) is 34.3 Å². The zero-order valence-electron chi connectivity index (χ0n) is 15.2. The summed E-state index contributed by atoms with van der Waals surface area (Å²) in [6.45, 7) is 2.41. The number of nitrogens with two attached hydrogens (primary N) is 1. The molecule has 27 heavy (non-hydrogen) atoms. The number of nitrogens with one attached hydrogen (secondary N) is 1. The maximum atomic E-state index is 6.21. The topological polar surface area (TPSA) is 76.8 Å². The predicted molar refractivity (Wildman–Crippen MR) is 108 cm³/mol. The van der Waals surface area contributed by atoms with Crippen molar-refractivity contribution in [2.75, 3.05) is 6.61 Å². The number of fused-ring (bicyclic) bond motifs is 1. The van der Waals surface area contributed by atoms with E-state index in [0.29, 0.717) is 12.5 Å². The number of rotatable bonds is 6. The molecule has 0 aliphatic carbocycles. The number of aryl methyl sites for hydroxylation is 1. The van der Waals surface area contributed by atoms with Gasteiger partial charge in [0.2, 0.25) is 5.88 Å². The summed E-state index contributed by atoms with van der Waals surface area (Å²) in [7, 11) is 0. The van der Waals surface area contributed by atoms with Crippen molar-refractivity contribution in [2.45, 2.75) is 19.4 Å². The Morgan fingerprint density at radius 3 is 2.74 bits per heavy atom. The van der Waals surface area contributed by atoms with E-state index in [1.165, 1.54) is 5.56 Å². The summed E-state index contributed by atoms with van der Waals surface area (Å²) in [6.07, 6.45) is 0.775. The molecule has 0 fully saturated rings. The van der Waals surface area contributed by atoms with Gasteiger partial charge in [0.05, 0.1) is 16.9 Å². The standard InChI is InChI=1S/C22H22N4O/c1-15-19-13-17(10-11-21(19)26-25-15)20-8-5-9-22(24-20)27-14-18(23)12-16-6-3-2-4-7-16/h2-11,13,18H,12,14,23H2,1H3,(H,25,26)/t18-/m0/s1. The number of benzene rings is 2. The molecule has 2 aromatic heterocycles. The zero-order chi connectivity index (χ0) is 18.6. The Labute approximate surface area is 158 Å². The molecule has 0 spiro atoms. The first kappa shape index (κ1) is 17.2. The Hall–Kier alpha value is -3.18. The summed E-state index contributed by atoms with van der Waals surface area (Å²) in [6, 6.07) is 22.1. The molecule has 4 rings (SSSR count). The van der Waals surface area contributed by atoms with Crippen molar-refractivity contribution in [3.05, 3.63) is 78.0 Å².